The molecule has 0 aliphatic carbocycles. The molecule has 0 bridgehead atoms. The van der Waals surface area contributed by atoms with Gasteiger partial charge in [-0.1, -0.05) is 39.7 Å². The van der Waals surface area contributed by atoms with Crippen LogP contribution in [0.3, 0.4) is 0 Å². The molecule has 1 amide bonds. The van der Waals surface area contributed by atoms with Gasteiger partial charge in [0.25, 0.3) is 5.91 Å². The number of nitrogens with one attached hydrogen (secondary N) is 1. The highest BCUT2D eigenvalue weighted by molar-refractivity contribution is 9.10. The number of hydrogen-bond acceptors (Lipinski definition) is 4. The fraction of sp³-hybridized carbons (Fsp3) is 0.120. The normalized spacial score (nSPS) is 10.9. The molecule has 3 aromatic rings. The summed E-state index contributed by atoms with van der Waals surface area (Å²) in [6.45, 7) is 2.77. The third-order valence-electron chi connectivity index (χ3n) is 4.37. The Hall–Kier alpha value is -3.27. The average Bonchev–Trinajstić information content (AvgIpc) is 2.79. The Morgan fingerprint density at radius 2 is 1.81 bits per heavy atom. The van der Waals surface area contributed by atoms with Gasteiger partial charge >= 0.3 is 0 Å². The second-order valence-electron chi connectivity index (χ2n) is 6.68. The van der Waals surface area contributed by atoms with Gasteiger partial charge in [0.15, 0.2) is 0 Å². The maximum atomic E-state index is 12.7. The highest BCUT2D eigenvalue weighted by atomic mass is 79.9. The fourth-order valence-electron chi connectivity index (χ4n) is 2.81. The van der Waals surface area contributed by atoms with Crippen molar-refractivity contribution in [2.75, 3.05) is 11.9 Å². The summed E-state index contributed by atoms with van der Waals surface area (Å²) in [5.41, 5.74) is 2.06. The summed E-state index contributed by atoms with van der Waals surface area (Å²) in [4.78, 5) is 12.7. The van der Waals surface area contributed by atoms with Crippen molar-refractivity contribution in [1.82, 2.24) is 0 Å². The number of carbonyl (C=O) groups excluding carboxylic acids is 1. The second-order valence-corrected chi connectivity index (χ2v) is 8.03. The van der Waals surface area contributed by atoms with Crippen LogP contribution in [-0.4, -0.2) is 12.5 Å². The van der Waals surface area contributed by atoms with Gasteiger partial charge < -0.3 is 14.8 Å². The molecule has 0 spiro atoms. The average molecular weight is 512 g/mol. The van der Waals surface area contributed by atoms with Crippen molar-refractivity contribution in [3.8, 4) is 17.6 Å². The lowest BCUT2D eigenvalue weighted by molar-refractivity contribution is -0.112. The first-order chi connectivity index (χ1) is 15.5. The number of ether oxygens (including phenoxy) is 2. The number of benzene rings is 3. The lowest BCUT2D eigenvalue weighted by Crippen LogP contribution is -2.13. The van der Waals surface area contributed by atoms with E-state index >= 15 is 0 Å². The van der Waals surface area contributed by atoms with E-state index < -0.39 is 5.91 Å². The monoisotopic (exact) mass is 510 g/mol. The Morgan fingerprint density at radius 1 is 1.09 bits per heavy atom. The number of nitriles is 1. The molecule has 0 aromatic heterocycles. The fourth-order valence-corrected chi connectivity index (χ4v) is 3.31. The second kappa shape index (κ2) is 11.4. The Labute approximate surface area is 200 Å². The molecule has 3 rings (SSSR count). The summed E-state index contributed by atoms with van der Waals surface area (Å²) in [5.74, 6) is 0.739. The zero-order chi connectivity index (χ0) is 22.9. The number of hydrogen-bond donors (Lipinski definition) is 1. The molecule has 162 valence electrons. The molecule has 1 N–H and O–H groups in total. The molecule has 5 nitrogen and oxygen atoms in total. The zero-order valence-corrected chi connectivity index (χ0v) is 19.6. The highest BCUT2D eigenvalue weighted by Crippen LogP contribution is 2.27. The van der Waals surface area contributed by atoms with Crippen LogP contribution in [0.4, 0.5) is 5.69 Å². The molecule has 0 saturated heterocycles. The van der Waals surface area contributed by atoms with Gasteiger partial charge in [-0.2, -0.15) is 5.26 Å². The molecular formula is C25H20BrClN2O3. The summed E-state index contributed by atoms with van der Waals surface area (Å²) in [7, 11) is 0. The number of halogens is 2. The molecule has 32 heavy (non-hydrogen) atoms. The number of amides is 1. The van der Waals surface area contributed by atoms with Crippen molar-refractivity contribution >= 4 is 45.2 Å². The zero-order valence-electron chi connectivity index (χ0n) is 17.3. The van der Waals surface area contributed by atoms with Crippen LogP contribution in [0.25, 0.3) is 6.08 Å². The smallest absolute Gasteiger partial charge is 0.266 e. The third-order valence-corrected chi connectivity index (χ3v) is 5.11. The predicted molar refractivity (Wildman–Crippen MR) is 130 cm³/mol. The van der Waals surface area contributed by atoms with Crippen LogP contribution < -0.4 is 14.8 Å². The highest BCUT2D eigenvalue weighted by Gasteiger charge is 2.12. The van der Waals surface area contributed by atoms with E-state index in [1.165, 1.54) is 6.08 Å². The maximum Gasteiger partial charge on any atom is 0.266 e. The molecule has 0 fully saturated rings. The van der Waals surface area contributed by atoms with E-state index in [-0.39, 0.29) is 5.57 Å². The van der Waals surface area contributed by atoms with E-state index in [0.717, 1.165) is 10.0 Å². The molecular weight excluding hydrogens is 492 g/mol. The van der Waals surface area contributed by atoms with Gasteiger partial charge in [0.05, 0.1) is 6.61 Å². The SMILES string of the molecule is CCOc1ccc(NC(=O)/C(C#N)=C/c2cc(Br)ccc2OCc2ccc(Cl)cc2)cc1. The van der Waals surface area contributed by atoms with E-state index in [0.29, 0.717) is 41.0 Å². The van der Waals surface area contributed by atoms with Crippen LogP contribution in [0, 0.1) is 11.3 Å². The first-order valence-corrected chi connectivity index (χ1v) is 11.0. The predicted octanol–water partition coefficient (Wildman–Crippen LogP) is 6.63. The van der Waals surface area contributed by atoms with Crippen molar-refractivity contribution in [2.45, 2.75) is 13.5 Å². The van der Waals surface area contributed by atoms with E-state index in [1.54, 1.807) is 48.5 Å². The summed E-state index contributed by atoms with van der Waals surface area (Å²) in [6.07, 6.45) is 1.51. The maximum absolute atomic E-state index is 12.7. The number of rotatable bonds is 8. The lowest BCUT2D eigenvalue weighted by atomic mass is 10.1. The van der Waals surface area contributed by atoms with Gasteiger partial charge in [0.2, 0.25) is 0 Å². The van der Waals surface area contributed by atoms with Crippen molar-refractivity contribution in [3.63, 3.8) is 0 Å². The molecule has 0 unspecified atom stereocenters. The molecule has 7 heteroatoms. The topological polar surface area (TPSA) is 71.3 Å². The van der Waals surface area contributed by atoms with Crippen molar-refractivity contribution in [2.24, 2.45) is 0 Å². The standard InChI is InChI=1S/C25H20BrClN2O3/c1-2-31-23-10-8-22(9-11-23)29-25(30)19(15-28)13-18-14-20(26)5-12-24(18)32-16-17-3-6-21(27)7-4-17/h3-14H,2,16H2,1H3,(H,29,30)/b19-13+. The summed E-state index contributed by atoms with van der Waals surface area (Å²) < 4.78 is 12.1. The minimum absolute atomic E-state index is 0.0478. The molecule has 0 radical (unpaired) electrons. The van der Waals surface area contributed by atoms with Gasteiger partial charge in [-0.15, -0.1) is 0 Å². The van der Waals surface area contributed by atoms with Crippen molar-refractivity contribution < 1.29 is 14.3 Å². The largest absolute Gasteiger partial charge is 0.494 e. The molecule has 0 aliphatic rings. The van der Waals surface area contributed by atoms with Gasteiger partial charge in [0, 0.05) is 20.7 Å². The van der Waals surface area contributed by atoms with Crippen LogP contribution in [0.5, 0.6) is 11.5 Å². The molecule has 3 aromatic carbocycles. The van der Waals surface area contributed by atoms with Crippen LogP contribution in [0.1, 0.15) is 18.1 Å². The van der Waals surface area contributed by atoms with Gasteiger partial charge in [0.1, 0.15) is 29.7 Å². The van der Waals surface area contributed by atoms with Crippen molar-refractivity contribution in [3.05, 3.63) is 92.9 Å². The van der Waals surface area contributed by atoms with Gasteiger partial charge in [-0.25, -0.2) is 0 Å². The Morgan fingerprint density at radius 3 is 2.47 bits per heavy atom. The van der Waals surface area contributed by atoms with E-state index in [9.17, 15) is 10.1 Å². The first kappa shape index (κ1) is 23.4. The third kappa shape index (κ3) is 6.61. The number of carbonyl (C=O) groups is 1. The molecule has 0 saturated carbocycles. The number of nitrogens with zero attached hydrogens (tertiary/aromatic N) is 1. The van der Waals surface area contributed by atoms with E-state index in [1.807, 2.05) is 31.2 Å². The summed E-state index contributed by atoms with van der Waals surface area (Å²) in [6, 6.07) is 21.7. The van der Waals surface area contributed by atoms with Crippen LogP contribution in [0.2, 0.25) is 5.02 Å². The minimum Gasteiger partial charge on any atom is -0.494 e. The van der Waals surface area contributed by atoms with Crippen LogP contribution >= 0.6 is 27.5 Å². The summed E-state index contributed by atoms with van der Waals surface area (Å²) >= 11 is 9.35. The first-order valence-electron chi connectivity index (χ1n) is 9.81. The van der Waals surface area contributed by atoms with Gasteiger partial charge in [-0.3, -0.25) is 4.79 Å². The number of anilines is 1. The van der Waals surface area contributed by atoms with Crippen molar-refractivity contribution in [1.29, 1.82) is 5.26 Å². The van der Waals surface area contributed by atoms with Crippen LogP contribution in [0.15, 0.2) is 76.8 Å². The minimum atomic E-state index is -0.514. The summed E-state index contributed by atoms with van der Waals surface area (Å²) in [5, 5.41) is 13.0. The lowest BCUT2D eigenvalue weighted by Gasteiger charge is -2.11. The molecule has 0 aliphatic heterocycles. The molecule has 0 heterocycles. The quantitative estimate of drug-likeness (QED) is 0.272. The Bertz CT molecular complexity index is 1150. The van der Waals surface area contributed by atoms with Gasteiger partial charge in [-0.05, 0) is 73.2 Å². The van der Waals surface area contributed by atoms with E-state index in [4.69, 9.17) is 21.1 Å². The van der Waals surface area contributed by atoms with Crippen LogP contribution in [-0.2, 0) is 11.4 Å². The Kier molecular flexibility index (Phi) is 8.32. The Balaban J connectivity index is 1.77. The molecule has 0 atom stereocenters. The van der Waals surface area contributed by atoms with E-state index in [2.05, 4.69) is 21.2 Å².